The lowest BCUT2D eigenvalue weighted by molar-refractivity contribution is 0.0921. The maximum Gasteiger partial charge on any atom is 0.267 e. The summed E-state index contributed by atoms with van der Waals surface area (Å²) in [7, 11) is -3.30. The lowest BCUT2D eigenvalue weighted by atomic mass is 9.92. The number of nitrogens with one attached hydrogen (secondary N) is 3. The molecule has 0 bridgehead atoms. The van der Waals surface area contributed by atoms with Crippen LogP contribution in [-0.4, -0.2) is 43.7 Å². The van der Waals surface area contributed by atoms with Crippen molar-refractivity contribution in [1.82, 2.24) is 15.0 Å². The van der Waals surface area contributed by atoms with Crippen LogP contribution in [0.25, 0.3) is 10.9 Å². The van der Waals surface area contributed by atoms with Crippen LogP contribution in [0.1, 0.15) is 41.7 Å². The van der Waals surface area contributed by atoms with Crippen molar-refractivity contribution in [3.63, 3.8) is 0 Å². The minimum absolute atomic E-state index is 0.0521. The van der Waals surface area contributed by atoms with Gasteiger partial charge in [-0.25, -0.2) is 13.1 Å². The number of carbonyl (C=O) groups excluding carboxylic acids is 1. The Morgan fingerprint density at radius 1 is 1.23 bits per heavy atom. The number of aromatic nitrogens is 1. The molecule has 2 aromatic rings. The number of rotatable bonds is 6. The highest BCUT2D eigenvalue weighted by molar-refractivity contribution is 7.89. The van der Waals surface area contributed by atoms with Crippen molar-refractivity contribution in [2.24, 2.45) is 5.73 Å². The molecule has 3 rings (SSSR count). The predicted octanol–water partition coefficient (Wildman–Crippen LogP) is 1.40. The summed E-state index contributed by atoms with van der Waals surface area (Å²) in [6, 6.07) is 7.81. The third-order valence-electron chi connectivity index (χ3n) is 4.90. The average molecular weight is 378 g/mol. The van der Waals surface area contributed by atoms with Gasteiger partial charge in [-0.2, -0.15) is 0 Å². The number of aromatic amines is 1. The second-order valence-corrected chi connectivity index (χ2v) is 8.84. The van der Waals surface area contributed by atoms with Crippen LogP contribution < -0.4 is 15.8 Å². The van der Waals surface area contributed by atoms with E-state index in [1.54, 1.807) is 0 Å². The van der Waals surface area contributed by atoms with Gasteiger partial charge in [0, 0.05) is 29.5 Å². The second-order valence-electron chi connectivity index (χ2n) is 6.97. The molecule has 7 nitrogen and oxygen atoms in total. The van der Waals surface area contributed by atoms with Crippen molar-refractivity contribution in [3.05, 3.63) is 35.5 Å². The molecule has 1 aromatic heterocycles. The van der Waals surface area contributed by atoms with Gasteiger partial charge in [0.25, 0.3) is 5.91 Å². The molecule has 8 heteroatoms. The fraction of sp³-hybridized carbons (Fsp3) is 0.500. The minimum atomic E-state index is -3.30. The Labute approximate surface area is 153 Å². The molecule has 1 aromatic carbocycles. The van der Waals surface area contributed by atoms with Crippen LogP contribution in [0.5, 0.6) is 0 Å². The van der Waals surface area contributed by atoms with Crippen LogP contribution in [-0.2, 0) is 10.0 Å². The third kappa shape index (κ3) is 4.44. The van der Waals surface area contributed by atoms with Gasteiger partial charge in [0.05, 0.1) is 5.75 Å². The van der Waals surface area contributed by atoms with E-state index in [0.717, 1.165) is 29.3 Å². The Morgan fingerprint density at radius 2 is 1.92 bits per heavy atom. The van der Waals surface area contributed by atoms with E-state index < -0.39 is 10.0 Å². The molecule has 1 fully saturated rings. The number of sulfonamides is 1. The topological polar surface area (TPSA) is 117 Å². The van der Waals surface area contributed by atoms with Gasteiger partial charge in [-0.05, 0) is 44.2 Å². The first kappa shape index (κ1) is 18.9. The van der Waals surface area contributed by atoms with E-state index in [0.29, 0.717) is 18.5 Å². The highest BCUT2D eigenvalue weighted by atomic mass is 32.2. The van der Waals surface area contributed by atoms with Gasteiger partial charge in [0.2, 0.25) is 10.0 Å². The van der Waals surface area contributed by atoms with Gasteiger partial charge in [0.1, 0.15) is 5.69 Å². The molecule has 1 aliphatic carbocycles. The van der Waals surface area contributed by atoms with Crippen LogP contribution in [0.15, 0.2) is 24.3 Å². The zero-order valence-corrected chi connectivity index (χ0v) is 15.7. The fourth-order valence-electron chi connectivity index (χ4n) is 3.52. The number of hydrogen-bond acceptors (Lipinski definition) is 4. The maximum absolute atomic E-state index is 12.5. The number of nitrogens with two attached hydrogens (primary N) is 1. The molecule has 0 atom stereocenters. The molecule has 0 radical (unpaired) electrons. The summed E-state index contributed by atoms with van der Waals surface area (Å²) in [6.07, 6.45) is 2.92. The normalized spacial score (nSPS) is 21.0. The summed E-state index contributed by atoms with van der Waals surface area (Å²) in [4.78, 5) is 15.7. The lowest BCUT2D eigenvalue weighted by Crippen LogP contribution is -2.44. The molecule has 0 saturated heterocycles. The van der Waals surface area contributed by atoms with Crippen molar-refractivity contribution in [3.8, 4) is 0 Å². The molecule has 5 N–H and O–H groups in total. The van der Waals surface area contributed by atoms with Gasteiger partial charge in [-0.1, -0.05) is 18.2 Å². The third-order valence-corrected chi connectivity index (χ3v) is 6.37. The first-order chi connectivity index (χ1) is 12.4. The molecule has 1 amide bonds. The molecule has 0 unspecified atom stereocenters. The second kappa shape index (κ2) is 7.77. The zero-order chi connectivity index (χ0) is 18.7. The van der Waals surface area contributed by atoms with E-state index in [-0.39, 0.29) is 30.3 Å². The number of H-pyrrole nitrogens is 1. The fourth-order valence-corrected chi connectivity index (χ4v) is 4.69. The molecular formula is C18H26N4O3S. The molecule has 1 aliphatic rings. The van der Waals surface area contributed by atoms with E-state index >= 15 is 0 Å². The van der Waals surface area contributed by atoms with Crippen LogP contribution in [0, 0.1) is 6.92 Å². The lowest BCUT2D eigenvalue weighted by Gasteiger charge is -2.29. The summed E-state index contributed by atoms with van der Waals surface area (Å²) < 4.78 is 26.3. The largest absolute Gasteiger partial charge is 0.350 e. The van der Waals surface area contributed by atoms with Crippen LogP contribution in [0.3, 0.4) is 0 Å². The van der Waals surface area contributed by atoms with Gasteiger partial charge in [-0.3, -0.25) is 4.79 Å². The zero-order valence-electron chi connectivity index (χ0n) is 14.9. The van der Waals surface area contributed by atoms with Crippen molar-refractivity contribution in [2.45, 2.75) is 44.7 Å². The van der Waals surface area contributed by atoms with Gasteiger partial charge >= 0.3 is 0 Å². The molecule has 142 valence electrons. The minimum Gasteiger partial charge on any atom is -0.350 e. The van der Waals surface area contributed by atoms with Crippen LogP contribution in [0.4, 0.5) is 0 Å². The summed E-state index contributed by atoms with van der Waals surface area (Å²) in [6.45, 7) is 2.12. The van der Waals surface area contributed by atoms with E-state index in [2.05, 4.69) is 15.0 Å². The van der Waals surface area contributed by atoms with Gasteiger partial charge < -0.3 is 16.0 Å². The summed E-state index contributed by atoms with van der Waals surface area (Å²) in [5, 5.41) is 4.08. The Bertz CT molecular complexity index is 883. The molecule has 1 heterocycles. The Hall–Kier alpha value is -1.90. The SMILES string of the molecule is Cc1cccc2cc(C(=O)NC3CCC(NS(=O)(=O)CCN)CC3)[nH]c12. The molecular weight excluding hydrogens is 352 g/mol. The number of aryl methyl sites for hydroxylation is 1. The first-order valence-corrected chi connectivity index (χ1v) is 10.6. The quantitative estimate of drug-likeness (QED) is 0.608. The Kier molecular flexibility index (Phi) is 5.64. The van der Waals surface area contributed by atoms with Crippen LogP contribution in [0.2, 0.25) is 0 Å². The Morgan fingerprint density at radius 3 is 2.58 bits per heavy atom. The number of benzene rings is 1. The molecule has 1 saturated carbocycles. The Balaban J connectivity index is 1.55. The summed E-state index contributed by atoms with van der Waals surface area (Å²) >= 11 is 0. The standard InChI is InChI=1S/C18H26N4O3S/c1-12-3-2-4-13-11-16(21-17(12)13)18(23)20-14-5-7-15(8-6-14)22-26(24,25)10-9-19/h2-4,11,14-15,21-22H,5-10,19H2,1H3,(H,20,23). The molecule has 26 heavy (non-hydrogen) atoms. The van der Waals surface area contributed by atoms with E-state index in [1.165, 1.54) is 0 Å². The van der Waals surface area contributed by atoms with Gasteiger partial charge in [-0.15, -0.1) is 0 Å². The smallest absolute Gasteiger partial charge is 0.267 e. The summed E-state index contributed by atoms with van der Waals surface area (Å²) in [5.41, 5.74) is 7.96. The van der Waals surface area contributed by atoms with Crippen molar-refractivity contribution in [2.75, 3.05) is 12.3 Å². The number of amides is 1. The maximum atomic E-state index is 12.5. The van der Waals surface area contributed by atoms with E-state index in [4.69, 9.17) is 5.73 Å². The number of para-hydroxylation sites is 1. The number of hydrogen-bond donors (Lipinski definition) is 4. The van der Waals surface area contributed by atoms with Crippen molar-refractivity contribution >= 4 is 26.8 Å². The molecule has 0 aliphatic heterocycles. The monoisotopic (exact) mass is 378 g/mol. The van der Waals surface area contributed by atoms with E-state index in [9.17, 15) is 13.2 Å². The van der Waals surface area contributed by atoms with Crippen LogP contribution >= 0.6 is 0 Å². The van der Waals surface area contributed by atoms with Crippen molar-refractivity contribution in [1.29, 1.82) is 0 Å². The van der Waals surface area contributed by atoms with Gasteiger partial charge in [0.15, 0.2) is 0 Å². The van der Waals surface area contributed by atoms with Crippen molar-refractivity contribution < 1.29 is 13.2 Å². The number of fused-ring (bicyclic) bond motifs is 1. The van der Waals surface area contributed by atoms with E-state index in [1.807, 2.05) is 31.2 Å². The number of carbonyl (C=O) groups is 1. The predicted molar refractivity (Wildman–Crippen MR) is 103 cm³/mol. The summed E-state index contributed by atoms with van der Waals surface area (Å²) in [5.74, 6) is -0.170. The first-order valence-electron chi connectivity index (χ1n) is 8.97. The highest BCUT2D eigenvalue weighted by Gasteiger charge is 2.26. The average Bonchev–Trinajstić information content (AvgIpc) is 3.02. The molecule has 0 spiro atoms. The highest BCUT2D eigenvalue weighted by Crippen LogP contribution is 2.21.